The summed E-state index contributed by atoms with van der Waals surface area (Å²) < 4.78 is 32.7. The van der Waals surface area contributed by atoms with Crippen LogP contribution in [0.25, 0.3) is 0 Å². The first-order chi connectivity index (χ1) is 10.4. The second-order valence-electron chi connectivity index (χ2n) is 5.25. The van der Waals surface area contributed by atoms with Gasteiger partial charge in [0, 0.05) is 22.8 Å². The molecule has 0 saturated carbocycles. The van der Waals surface area contributed by atoms with Gasteiger partial charge in [-0.05, 0) is 76.9 Å². The van der Waals surface area contributed by atoms with Crippen molar-refractivity contribution in [3.63, 3.8) is 0 Å². The fourth-order valence-corrected chi connectivity index (χ4v) is 2.09. The maximum absolute atomic E-state index is 8.60. The molecule has 0 atom stereocenters. The fourth-order valence-electron chi connectivity index (χ4n) is 2.09. The SMILES string of the molecule is Cc1cc(C)nc(C)c1.Cc1cc(C)nc(C)c1.I.[O-][Cl+3]([O-])([O-])O. The second kappa shape index (κ2) is 11.7. The molecule has 2 aromatic heterocycles. The van der Waals surface area contributed by atoms with Crippen LogP contribution in [0.4, 0.5) is 0 Å². The molecule has 8 heteroatoms. The van der Waals surface area contributed by atoms with Crippen molar-refractivity contribution in [1.82, 2.24) is 9.97 Å². The van der Waals surface area contributed by atoms with Crippen LogP contribution in [-0.4, -0.2) is 14.6 Å². The van der Waals surface area contributed by atoms with E-state index in [1.54, 1.807) is 0 Å². The minimum atomic E-state index is -4.69. The van der Waals surface area contributed by atoms with Gasteiger partial charge in [-0.2, -0.15) is 14.0 Å². The number of halogens is 2. The summed E-state index contributed by atoms with van der Waals surface area (Å²) in [6.45, 7) is 12.2. The van der Waals surface area contributed by atoms with Crippen molar-refractivity contribution in [3.05, 3.63) is 58.2 Å². The molecule has 0 unspecified atom stereocenters. The van der Waals surface area contributed by atoms with Crippen LogP contribution in [0.15, 0.2) is 24.3 Å². The number of hydrogen-bond donors (Lipinski definition) is 1. The highest BCUT2D eigenvalue weighted by Crippen LogP contribution is 2.02. The van der Waals surface area contributed by atoms with Crippen molar-refractivity contribution in [2.75, 3.05) is 0 Å². The van der Waals surface area contributed by atoms with Gasteiger partial charge in [0.2, 0.25) is 0 Å². The summed E-state index contributed by atoms with van der Waals surface area (Å²) in [5.74, 6) is 0. The summed E-state index contributed by atoms with van der Waals surface area (Å²) in [4.78, 5) is 8.47. The van der Waals surface area contributed by atoms with E-state index in [1.807, 2.05) is 27.7 Å². The summed E-state index contributed by atoms with van der Waals surface area (Å²) in [6.07, 6.45) is 0. The van der Waals surface area contributed by atoms with Gasteiger partial charge in [0.25, 0.3) is 0 Å². The van der Waals surface area contributed by atoms with Crippen molar-refractivity contribution in [2.24, 2.45) is 0 Å². The largest absolute Gasteiger partial charge is 0.258 e. The quantitative estimate of drug-likeness (QED) is 0.561. The van der Waals surface area contributed by atoms with Crippen LogP contribution in [0.3, 0.4) is 0 Å². The lowest BCUT2D eigenvalue weighted by Gasteiger charge is -2.03. The van der Waals surface area contributed by atoms with Crippen LogP contribution in [0, 0.1) is 51.8 Å². The summed E-state index contributed by atoms with van der Waals surface area (Å²) in [5, 5.41) is 0. The first kappa shape index (κ1) is 25.4. The predicted octanol–water partition coefficient (Wildman–Crippen LogP) is 0.508. The molecular weight excluding hydrogens is 447 g/mol. The standard InChI is InChI=1S/2C8H11N.ClHO4.HI/c2*1-6-4-7(2)9-8(3)5-6;2-1(3,4)5;/h2*4-5H,1-3H3;(H,2,3,4,5);1H. The van der Waals surface area contributed by atoms with Crippen LogP contribution in [0.2, 0.25) is 0 Å². The Morgan fingerprint density at radius 1 is 0.667 bits per heavy atom. The highest BCUT2D eigenvalue weighted by atomic mass is 127. The number of pyridine rings is 2. The number of nitrogens with zero attached hydrogens (tertiary/aromatic N) is 2. The molecule has 0 radical (unpaired) electrons. The summed E-state index contributed by atoms with van der Waals surface area (Å²) in [7, 11) is -4.69. The van der Waals surface area contributed by atoms with Gasteiger partial charge in [-0.25, -0.2) is 0 Å². The molecule has 1 N–H and O–H groups in total. The van der Waals surface area contributed by atoms with Crippen molar-refractivity contribution in [1.29, 1.82) is 0 Å². The van der Waals surface area contributed by atoms with E-state index in [9.17, 15) is 0 Å². The Hall–Kier alpha value is -0.840. The average Bonchev–Trinajstić information content (AvgIpc) is 2.22. The smallest absolute Gasteiger partial charge is 0.0777 e. The molecule has 0 saturated heterocycles. The van der Waals surface area contributed by atoms with Gasteiger partial charge < -0.3 is 0 Å². The van der Waals surface area contributed by atoms with Gasteiger partial charge in [0.05, 0.1) is 14.9 Å². The zero-order chi connectivity index (χ0) is 18.2. The Kier molecular flexibility index (Phi) is 12.3. The first-order valence-electron chi connectivity index (χ1n) is 6.84. The zero-order valence-electron chi connectivity index (χ0n) is 14.7. The molecule has 0 aromatic carbocycles. The third kappa shape index (κ3) is 16.0. The van der Waals surface area contributed by atoms with E-state index in [-0.39, 0.29) is 24.0 Å². The third-order valence-electron chi connectivity index (χ3n) is 2.45. The maximum Gasteiger partial charge on any atom is 0.0777 e. The van der Waals surface area contributed by atoms with Gasteiger partial charge in [-0.1, -0.05) is 0 Å². The molecular formula is C16H24ClIN2O4. The number of aryl methyl sites for hydroxylation is 6. The maximum atomic E-state index is 8.60. The van der Waals surface area contributed by atoms with Gasteiger partial charge in [0.15, 0.2) is 0 Å². The molecule has 0 fully saturated rings. The first-order valence-corrected chi connectivity index (χ1v) is 8.10. The lowest BCUT2D eigenvalue weighted by molar-refractivity contribution is -1.92. The minimum absolute atomic E-state index is 0. The van der Waals surface area contributed by atoms with E-state index >= 15 is 0 Å². The molecule has 0 bridgehead atoms. The molecule has 24 heavy (non-hydrogen) atoms. The van der Waals surface area contributed by atoms with Crippen LogP contribution >= 0.6 is 24.0 Å². The Morgan fingerprint density at radius 2 is 0.833 bits per heavy atom. The van der Waals surface area contributed by atoms with Crippen LogP contribution < -0.4 is 14.0 Å². The van der Waals surface area contributed by atoms with E-state index in [0.29, 0.717) is 0 Å². The number of aromatic nitrogens is 2. The third-order valence-corrected chi connectivity index (χ3v) is 2.45. The molecule has 0 spiro atoms. The van der Waals surface area contributed by atoms with E-state index in [1.165, 1.54) is 11.1 Å². The van der Waals surface area contributed by atoms with Gasteiger partial charge in [0.1, 0.15) is 0 Å². The molecule has 0 aliphatic heterocycles. The van der Waals surface area contributed by atoms with Crippen LogP contribution in [0.1, 0.15) is 33.9 Å². The lowest BCUT2D eigenvalue weighted by atomic mass is 10.2. The van der Waals surface area contributed by atoms with E-state index < -0.39 is 10.2 Å². The topological polar surface area (TPSA) is 115 Å². The van der Waals surface area contributed by atoms with E-state index in [4.69, 9.17) is 18.6 Å². The molecule has 6 nitrogen and oxygen atoms in total. The van der Waals surface area contributed by atoms with Gasteiger partial charge >= 0.3 is 0 Å². The van der Waals surface area contributed by atoms with Gasteiger partial charge in [-0.3, -0.25) is 9.97 Å². The van der Waals surface area contributed by atoms with Crippen LogP contribution in [-0.2, 0) is 0 Å². The highest BCUT2D eigenvalue weighted by Gasteiger charge is 1.98. The van der Waals surface area contributed by atoms with E-state index in [2.05, 4.69) is 48.1 Å². The summed E-state index contributed by atoms with van der Waals surface area (Å²) >= 11 is 0. The molecule has 2 heterocycles. The van der Waals surface area contributed by atoms with Crippen molar-refractivity contribution in [3.8, 4) is 0 Å². The van der Waals surface area contributed by atoms with Crippen molar-refractivity contribution < 1.29 is 28.9 Å². The van der Waals surface area contributed by atoms with Gasteiger partial charge in [-0.15, -0.1) is 24.0 Å². The molecule has 2 rings (SSSR count). The van der Waals surface area contributed by atoms with E-state index in [0.717, 1.165) is 22.8 Å². The molecule has 0 aliphatic carbocycles. The highest BCUT2D eigenvalue weighted by molar-refractivity contribution is 14.0. The Balaban J connectivity index is 0. The molecule has 136 valence electrons. The molecule has 0 aliphatic rings. The summed E-state index contributed by atoms with van der Waals surface area (Å²) in [5.41, 5.74) is 7.00. The Labute approximate surface area is 162 Å². The van der Waals surface area contributed by atoms with Crippen molar-refractivity contribution in [2.45, 2.75) is 41.5 Å². The average molecular weight is 471 g/mol. The molecule has 2 aromatic rings. The number of rotatable bonds is 0. The monoisotopic (exact) mass is 470 g/mol. The molecule has 0 amide bonds. The summed E-state index contributed by atoms with van der Waals surface area (Å²) in [6, 6.07) is 8.31. The normalized spacial score (nSPS) is 9.75. The number of hydrogen-bond acceptors (Lipinski definition) is 6. The van der Waals surface area contributed by atoms with Crippen LogP contribution in [0.5, 0.6) is 0 Å². The zero-order valence-corrected chi connectivity index (χ0v) is 17.7. The Morgan fingerprint density at radius 3 is 0.958 bits per heavy atom. The van der Waals surface area contributed by atoms with Crippen molar-refractivity contribution >= 4 is 24.0 Å². The second-order valence-corrected chi connectivity index (χ2v) is 6.04. The predicted molar refractivity (Wildman–Crippen MR) is 94.5 cm³/mol. The Bertz CT molecular complexity index is 478. The lowest BCUT2D eigenvalue weighted by Crippen LogP contribution is -2.58. The fraction of sp³-hybridized carbons (Fsp3) is 0.375. The minimum Gasteiger partial charge on any atom is -0.258 e.